The maximum absolute atomic E-state index is 12.4. The van der Waals surface area contributed by atoms with E-state index in [2.05, 4.69) is 21.3 Å². The lowest BCUT2D eigenvalue weighted by Crippen LogP contribution is -2.29. The molecule has 164 valence electrons. The van der Waals surface area contributed by atoms with E-state index >= 15 is 0 Å². The van der Waals surface area contributed by atoms with Crippen LogP contribution in [-0.2, 0) is 4.79 Å². The Bertz CT molecular complexity index is 908. The van der Waals surface area contributed by atoms with Crippen molar-refractivity contribution >= 4 is 34.9 Å². The molecule has 0 atom stereocenters. The van der Waals surface area contributed by atoms with Gasteiger partial charge in [-0.15, -0.1) is 0 Å². The molecule has 8 heteroatoms. The molecule has 3 amide bonds. The predicted molar refractivity (Wildman–Crippen MR) is 121 cm³/mol. The minimum Gasteiger partial charge on any atom is -0.338 e. The lowest BCUT2D eigenvalue weighted by molar-refractivity contribution is -0.114. The topological polar surface area (TPSA) is 116 Å². The van der Waals surface area contributed by atoms with Crippen molar-refractivity contribution in [3.63, 3.8) is 0 Å². The number of rotatable bonds is 11. The largest absolute Gasteiger partial charge is 0.338 e. The van der Waals surface area contributed by atoms with E-state index in [1.165, 1.54) is 6.92 Å². The summed E-state index contributed by atoms with van der Waals surface area (Å²) in [6.07, 6.45) is 1.59. The monoisotopic (exact) mass is 424 g/mol. The fraction of sp³-hybridized carbons (Fsp3) is 0.304. The van der Waals surface area contributed by atoms with E-state index in [1.54, 1.807) is 48.5 Å². The number of carbonyl (C=O) groups excluding carboxylic acids is 4. The van der Waals surface area contributed by atoms with Crippen LogP contribution in [0.5, 0.6) is 0 Å². The summed E-state index contributed by atoms with van der Waals surface area (Å²) in [7, 11) is 1.89. The molecule has 4 N–H and O–H groups in total. The van der Waals surface area contributed by atoms with Gasteiger partial charge in [0.25, 0.3) is 0 Å². The molecule has 0 bridgehead atoms. The molecule has 0 aliphatic rings. The maximum atomic E-state index is 12.4. The summed E-state index contributed by atoms with van der Waals surface area (Å²) < 4.78 is 0. The van der Waals surface area contributed by atoms with Crippen LogP contribution in [0.25, 0.3) is 0 Å². The number of hydrogen-bond acceptors (Lipinski definition) is 5. The maximum Gasteiger partial charge on any atom is 0.319 e. The summed E-state index contributed by atoms with van der Waals surface area (Å²) in [5.41, 5.74) is 1.93. The first kappa shape index (κ1) is 23.8. The summed E-state index contributed by atoms with van der Waals surface area (Å²) in [5, 5.41) is 11.2. The van der Waals surface area contributed by atoms with Crippen LogP contribution in [0, 0.1) is 0 Å². The number of anilines is 2. The first-order valence-corrected chi connectivity index (χ1v) is 10.1. The van der Waals surface area contributed by atoms with Gasteiger partial charge in [0, 0.05) is 36.0 Å². The number of ketones is 2. The first-order valence-electron chi connectivity index (χ1n) is 10.1. The smallest absolute Gasteiger partial charge is 0.319 e. The van der Waals surface area contributed by atoms with Gasteiger partial charge < -0.3 is 21.3 Å². The average molecular weight is 425 g/mol. The van der Waals surface area contributed by atoms with Gasteiger partial charge in [-0.2, -0.15) is 0 Å². The number of nitrogens with one attached hydrogen (secondary N) is 4. The third kappa shape index (κ3) is 8.39. The molecule has 31 heavy (non-hydrogen) atoms. The zero-order valence-corrected chi connectivity index (χ0v) is 17.8. The minimum atomic E-state index is -0.309. The first-order chi connectivity index (χ1) is 14.9. The minimum absolute atomic E-state index is 0.200. The van der Waals surface area contributed by atoms with Gasteiger partial charge in [0.1, 0.15) is 0 Å². The molecule has 8 nitrogen and oxygen atoms in total. The van der Waals surface area contributed by atoms with Crippen molar-refractivity contribution in [3.05, 3.63) is 59.7 Å². The van der Waals surface area contributed by atoms with Crippen LogP contribution in [-0.4, -0.2) is 43.6 Å². The van der Waals surface area contributed by atoms with Crippen molar-refractivity contribution in [2.45, 2.75) is 26.2 Å². The van der Waals surface area contributed by atoms with Crippen molar-refractivity contribution in [2.24, 2.45) is 0 Å². The highest BCUT2D eigenvalue weighted by Crippen LogP contribution is 2.15. The van der Waals surface area contributed by atoms with E-state index < -0.39 is 0 Å². The summed E-state index contributed by atoms with van der Waals surface area (Å²) in [6.45, 7) is 2.89. The van der Waals surface area contributed by atoms with Gasteiger partial charge in [-0.1, -0.05) is 0 Å². The number of amides is 3. The molecule has 0 spiro atoms. The zero-order chi connectivity index (χ0) is 22.6. The second-order valence-electron chi connectivity index (χ2n) is 7.05. The van der Waals surface area contributed by atoms with Crippen molar-refractivity contribution in [2.75, 3.05) is 30.8 Å². The fourth-order valence-electron chi connectivity index (χ4n) is 2.84. The molecular formula is C23H28N4O4. The highest BCUT2D eigenvalue weighted by Gasteiger charge is 2.14. The summed E-state index contributed by atoms with van der Waals surface area (Å²) in [6, 6.07) is 12.5. The van der Waals surface area contributed by atoms with Crippen LogP contribution in [0.1, 0.15) is 46.9 Å². The van der Waals surface area contributed by atoms with Gasteiger partial charge in [0.15, 0.2) is 11.6 Å². The van der Waals surface area contributed by atoms with Crippen LogP contribution in [0.4, 0.5) is 16.2 Å². The van der Waals surface area contributed by atoms with Gasteiger partial charge in [-0.25, -0.2) is 4.79 Å². The highest BCUT2D eigenvalue weighted by atomic mass is 16.2. The van der Waals surface area contributed by atoms with Crippen LogP contribution in [0.3, 0.4) is 0 Å². The van der Waals surface area contributed by atoms with E-state index in [4.69, 9.17) is 0 Å². The second kappa shape index (κ2) is 12.2. The van der Waals surface area contributed by atoms with Gasteiger partial charge in [-0.05, 0) is 75.0 Å². The third-order valence-electron chi connectivity index (χ3n) is 4.45. The molecule has 0 aromatic heterocycles. The Balaban J connectivity index is 1.83. The molecule has 0 aliphatic heterocycles. The van der Waals surface area contributed by atoms with E-state index in [9.17, 15) is 19.2 Å². The van der Waals surface area contributed by atoms with E-state index in [0.29, 0.717) is 29.0 Å². The molecule has 0 unspecified atom stereocenters. The van der Waals surface area contributed by atoms with E-state index in [-0.39, 0.29) is 29.9 Å². The zero-order valence-electron chi connectivity index (χ0n) is 17.8. The van der Waals surface area contributed by atoms with Gasteiger partial charge in [-0.3, -0.25) is 14.4 Å². The Hall–Kier alpha value is -3.52. The predicted octanol–water partition coefficient (Wildman–Crippen LogP) is 3.22. The van der Waals surface area contributed by atoms with Gasteiger partial charge in [0.2, 0.25) is 5.91 Å². The summed E-state index contributed by atoms with van der Waals surface area (Å²) in [4.78, 5) is 47.7. The Morgan fingerprint density at radius 2 is 1.19 bits per heavy atom. The Labute approximate surface area is 181 Å². The standard InChI is InChI=1S/C23H28N4O4/c1-16(28)26-19-9-5-17(6-10-19)21(29)15-22(30)18-7-11-20(12-8-18)27-23(31)25-14-4-3-13-24-2/h5-12,24H,3-4,13-15H2,1-2H3,(H,26,28)(H2,25,27,31). The number of Topliss-reactive ketones (excluding diaryl/α,β-unsaturated/α-hetero) is 2. The average Bonchev–Trinajstić information content (AvgIpc) is 2.74. The molecular weight excluding hydrogens is 396 g/mol. The molecule has 2 aromatic carbocycles. The van der Waals surface area contributed by atoms with Gasteiger partial charge in [0.05, 0.1) is 6.42 Å². The van der Waals surface area contributed by atoms with Gasteiger partial charge >= 0.3 is 6.03 Å². The molecule has 2 rings (SSSR count). The Morgan fingerprint density at radius 3 is 1.68 bits per heavy atom. The Morgan fingerprint density at radius 1 is 0.710 bits per heavy atom. The number of benzene rings is 2. The fourth-order valence-corrected chi connectivity index (χ4v) is 2.84. The molecule has 0 saturated heterocycles. The van der Waals surface area contributed by atoms with Crippen molar-refractivity contribution < 1.29 is 19.2 Å². The van der Waals surface area contributed by atoms with E-state index in [0.717, 1.165) is 19.4 Å². The summed E-state index contributed by atoms with van der Waals surface area (Å²) in [5.74, 6) is -0.815. The normalized spacial score (nSPS) is 10.3. The number of urea groups is 1. The molecule has 0 radical (unpaired) electrons. The second-order valence-corrected chi connectivity index (χ2v) is 7.05. The van der Waals surface area contributed by atoms with Crippen LogP contribution in [0.15, 0.2) is 48.5 Å². The molecule has 0 saturated carbocycles. The Kier molecular flexibility index (Phi) is 9.38. The lowest BCUT2D eigenvalue weighted by Gasteiger charge is -2.08. The SMILES string of the molecule is CNCCCCNC(=O)Nc1ccc(C(=O)CC(=O)c2ccc(NC(C)=O)cc2)cc1. The number of carbonyl (C=O) groups is 4. The number of unbranched alkanes of at least 4 members (excludes halogenated alkanes) is 1. The molecule has 0 heterocycles. The summed E-state index contributed by atoms with van der Waals surface area (Å²) >= 11 is 0. The highest BCUT2D eigenvalue weighted by molar-refractivity contribution is 6.13. The lowest BCUT2D eigenvalue weighted by atomic mass is 10.0. The third-order valence-corrected chi connectivity index (χ3v) is 4.45. The molecule has 0 fully saturated rings. The van der Waals surface area contributed by atoms with Crippen LogP contribution >= 0.6 is 0 Å². The molecule has 0 aliphatic carbocycles. The van der Waals surface area contributed by atoms with Crippen molar-refractivity contribution in [3.8, 4) is 0 Å². The van der Waals surface area contributed by atoms with Crippen molar-refractivity contribution in [1.29, 1.82) is 0 Å². The quantitative estimate of drug-likeness (QED) is 0.251. The number of hydrogen-bond donors (Lipinski definition) is 4. The van der Waals surface area contributed by atoms with Crippen molar-refractivity contribution in [1.82, 2.24) is 10.6 Å². The van der Waals surface area contributed by atoms with E-state index in [1.807, 2.05) is 7.05 Å². The van der Waals surface area contributed by atoms with Crippen LogP contribution in [0.2, 0.25) is 0 Å². The molecule has 2 aromatic rings. The van der Waals surface area contributed by atoms with Crippen LogP contribution < -0.4 is 21.3 Å².